The van der Waals surface area contributed by atoms with E-state index in [4.69, 9.17) is 4.74 Å². The highest BCUT2D eigenvalue weighted by Gasteiger charge is 2.21. The highest BCUT2D eigenvalue weighted by atomic mass is 32.2. The minimum absolute atomic E-state index is 0.109. The van der Waals surface area contributed by atoms with Crippen molar-refractivity contribution in [2.24, 2.45) is 0 Å². The standard InChI is InChI=1S/C24H26N2O4S/c1-4-18-16-20(14-15-23(18)30-3)31(28,29)26-22-13-9-8-12-21(22)24(27)25-17(2)19-10-6-5-7-11-19/h5-17,26H,4H2,1-3H3,(H,25,27)/t17-/m1/s1. The Balaban J connectivity index is 1.85. The van der Waals surface area contributed by atoms with Crippen LogP contribution in [0.1, 0.15) is 41.4 Å². The third kappa shape index (κ3) is 5.24. The van der Waals surface area contributed by atoms with E-state index in [2.05, 4.69) is 10.0 Å². The maximum absolute atomic E-state index is 13.0. The molecule has 0 saturated carbocycles. The summed E-state index contributed by atoms with van der Waals surface area (Å²) >= 11 is 0. The fraction of sp³-hybridized carbons (Fsp3) is 0.208. The Bertz CT molecular complexity index is 1160. The molecule has 7 heteroatoms. The summed E-state index contributed by atoms with van der Waals surface area (Å²) in [5, 5.41) is 2.92. The van der Waals surface area contributed by atoms with Crippen LogP contribution in [0, 0.1) is 0 Å². The van der Waals surface area contributed by atoms with E-state index < -0.39 is 10.0 Å². The van der Waals surface area contributed by atoms with E-state index in [1.54, 1.807) is 43.5 Å². The molecule has 6 nitrogen and oxygen atoms in total. The average molecular weight is 439 g/mol. The molecule has 0 bridgehead atoms. The molecule has 162 valence electrons. The number of rotatable bonds is 8. The zero-order chi connectivity index (χ0) is 22.4. The predicted octanol–water partition coefficient (Wildman–Crippen LogP) is 4.55. The predicted molar refractivity (Wildman–Crippen MR) is 122 cm³/mol. The first-order valence-electron chi connectivity index (χ1n) is 10.00. The van der Waals surface area contributed by atoms with Crippen LogP contribution in [0.15, 0.2) is 77.7 Å². The van der Waals surface area contributed by atoms with E-state index in [0.29, 0.717) is 12.2 Å². The second-order valence-electron chi connectivity index (χ2n) is 7.08. The molecular formula is C24H26N2O4S. The maximum atomic E-state index is 13.0. The Hall–Kier alpha value is -3.32. The molecule has 0 unspecified atom stereocenters. The molecule has 1 atom stereocenters. The van der Waals surface area contributed by atoms with Gasteiger partial charge in [-0.3, -0.25) is 9.52 Å². The molecule has 3 rings (SSSR count). The number of nitrogens with one attached hydrogen (secondary N) is 2. The van der Waals surface area contributed by atoms with Crippen molar-refractivity contribution in [2.45, 2.75) is 31.2 Å². The van der Waals surface area contributed by atoms with Crippen molar-refractivity contribution in [2.75, 3.05) is 11.8 Å². The number of carbonyl (C=O) groups is 1. The van der Waals surface area contributed by atoms with Gasteiger partial charge in [-0.15, -0.1) is 0 Å². The minimum atomic E-state index is -3.89. The average Bonchev–Trinajstić information content (AvgIpc) is 2.79. The molecule has 2 N–H and O–H groups in total. The van der Waals surface area contributed by atoms with Crippen molar-refractivity contribution in [1.82, 2.24) is 5.32 Å². The molecule has 0 aliphatic rings. The third-order valence-electron chi connectivity index (χ3n) is 5.01. The summed E-state index contributed by atoms with van der Waals surface area (Å²) in [7, 11) is -2.35. The molecule has 0 aliphatic carbocycles. The molecule has 1 amide bonds. The number of benzene rings is 3. The first-order chi connectivity index (χ1) is 14.9. The van der Waals surface area contributed by atoms with Crippen LogP contribution in [0.3, 0.4) is 0 Å². The molecule has 3 aromatic rings. The molecule has 0 radical (unpaired) electrons. The lowest BCUT2D eigenvalue weighted by Crippen LogP contribution is -2.28. The van der Waals surface area contributed by atoms with E-state index in [1.807, 2.05) is 44.2 Å². The van der Waals surface area contributed by atoms with Gasteiger partial charge in [-0.25, -0.2) is 8.42 Å². The fourth-order valence-electron chi connectivity index (χ4n) is 3.27. The smallest absolute Gasteiger partial charge is 0.261 e. The molecule has 0 spiro atoms. The minimum Gasteiger partial charge on any atom is -0.496 e. The number of anilines is 1. The number of aryl methyl sites for hydroxylation is 1. The number of sulfonamides is 1. The number of hydrogen-bond acceptors (Lipinski definition) is 4. The highest BCUT2D eigenvalue weighted by molar-refractivity contribution is 7.92. The number of amides is 1. The van der Waals surface area contributed by atoms with Gasteiger partial charge in [-0.05, 0) is 54.8 Å². The molecule has 0 aromatic heterocycles. The van der Waals surface area contributed by atoms with E-state index in [0.717, 1.165) is 11.1 Å². The van der Waals surface area contributed by atoms with Crippen LogP contribution < -0.4 is 14.8 Å². The zero-order valence-electron chi connectivity index (χ0n) is 17.8. The summed E-state index contributed by atoms with van der Waals surface area (Å²) in [6, 6.07) is 20.6. The number of para-hydroxylation sites is 1. The van der Waals surface area contributed by atoms with Gasteiger partial charge in [-0.1, -0.05) is 49.4 Å². The Kier molecular flexibility index (Phi) is 6.97. The zero-order valence-corrected chi connectivity index (χ0v) is 18.6. The molecule has 0 heterocycles. The molecule has 0 saturated heterocycles. The van der Waals surface area contributed by atoms with Gasteiger partial charge in [0.2, 0.25) is 0 Å². The fourth-order valence-corrected chi connectivity index (χ4v) is 4.40. The second-order valence-corrected chi connectivity index (χ2v) is 8.77. The summed E-state index contributed by atoms with van der Waals surface area (Å²) in [6.07, 6.45) is 0.628. The van der Waals surface area contributed by atoms with Gasteiger partial charge in [0.15, 0.2) is 0 Å². The van der Waals surface area contributed by atoms with Crippen LogP contribution in [0.25, 0.3) is 0 Å². The van der Waals surface area contributed by atoms with Gasteiger partial charge in [0.25, 0.3) is 15.9 Å². The quantitative estimate of drug-likeness (QED) is 0.540. The van der Waals surface area contributed by atoms with Crippen molar-refractivity contribution in [3.63, 3.8) is 0 Å². The highest BCUT2D eigenvalue weighted by Crippen LogP contribution is 2.26. The second kappa shape index (κ2) is 9.66. The maximum Gasteiger partial charge on any atom is 0.261 e. The summed E-state index contributed by atoms with van der Waals surface area (Å²) in [6.45, 7) is 3.80. The topological polar surface area (TPSA) is 84.5 Å². The van der Waals surface area contributed by atoms with Crippen LogP contribution in [0.2, 0.25) is 0 Å². The molecule has 0 aliphatic heterocycles. The number of hydrogen-bond donors (Lipinski definition) is 2. The monoisotopic (exact) mass is 438 g/mol. The van der Waals surface area contributed by atoms with Gasteiger partial charge < -0.3 is 10.1 Å². The summed E-state index contributed by atoms with van der Waals surface area (Å²) in [5.74, 6) is 0.273. The Labute approximate surface area is 183 Å². The summed E-state index contributed by atoms with van der Waals surface area (Å²) in [5.41, 5.74) is 2.21. The van der Waals surface area contributed by atoms with Crippen LogP contribution in [-0.4, -0.2) is 21.4 Å². The molecule has 31 heavy (non-hydrogen) atoms. The van der Waals surface area contributed by atoms with Crippen molar-refractivity contribution >= 4 is 21.6 Å². The van der Waals surface area contributed by atoms with Gasteiger partial charge in [-0.2, -0.15) is 0 Å². The van der Waals surface area contributed by atoms with Crippen LogP contribution in [-0.2, 0) is 16.4 Å². The van der Waals surface area contributed by atoms with Crippen LogP contribution in [0.4, 0.5) is 5.69 Å². The van der Waals surface area contributed by atoms with E-state index in [9.17, 15) is 13.2 Å². The lowest BCUT2D eigenvalue weighted by atomic mass is 10.1. The summed E-state index contributed by atoms with van der Waals surface area (Å²) < 4.78 is 33.8. The normalized spacial score (nSPS) is 12.1. The van der Waals surface area contributed by atoms with Gasteiger partial charge in [0, 0.05) is 0 Å². The molecular weight excluding hydrogens is 412 g/mol. The number of ether oxygens (including phenoxy) is 1. The van der Waals surface area contributed by atoms with Gasteiger partial charge >= 0.3 is 0 Å². The van der Waals surface area contributed by atoms with Crippen molar-refractivity contribution < 1.29 is 17.9 Å². The van der Waals surface area contributed by atoms with Crippen LogP contribution >= 0.6 is 0 Å². The lowest BCUT2D eigenvalue weighted by Gasteiger charge is -2.17. The van der Waals surface area contributed by atoms with E-state index in [-0.39, 0.29) is 28.1 Å². The Morgan fingerprint density at radius 3 is 2.35 bits per heavy atom. The Morgan fingerprint density at radius 2 is 1.68 bits per heavy atom. The largest absolute Gasteiger partial charge is 0.496 e. The van der Waals surface area contributed by atoms with E-state index in [1.165, 1.54) is 6.07 Å². The number of methoxy groups -OCH3 is 1. The van der Waals surface area contributed by atoms with Crippen LogP contribution in [0.5, 0.6) is 5.75 Å². The van der Waals surface area contributed by atoms with Gasteiger partial charge in [0.05, 0.1) is 29.3 Å². The Morgan fingerprint density at radius 1 is 1.00 bits per heavy atom. The SMILES string of the molecule is CCc1cc(S(=O)(=O)Nc2ccccc2C(=O)N[C@H](C)c2ccccc2)ccc1OC. The first-order valence-corrected chi connectivity index (χ1v) is 11.5. The number of carbonyl (C=O) groups excluding carboxylic acids is 1. The first kappa shape index (κ1) is 22.4. The van der Waals surface area contributed by atoms with E-state index >= 15 is 0 Å². The van der Waals surface area contributed by atoms with Crippen molar-refractivity contribution in [3.05, 3.63) is 89.5 Å². The third-order valence-corrected chi connectivity index (χ3v) is 6.37. The lowest BCUT2D eigenvalue weighted by molar-refractivity contribution is 0.0941. The van der Waals surface area contributed by atoms with Crippen molar-refractivity contribution in [1.29, 1.82) is 0 Å². The van der Waals surface area contributed by atoms with Crippen molar-refractivity contribution in [3.8, 4) is 5.75 Å². The molecule has 0 fully saturated rings. The summed E-state index contributed by atoms with van der Waals surface area (Å²) in [4.78, 5) is 13.0. The molecule has 3 aromatic carbocycles. The van der Waals surface area contributed by atoms with Gasteiger partial charge in [0.1, 0.15) is 5.75 Å².